The van der Waals surface area contributed by atoms with Crippen LogP contribution < -0.4 is 11.1 Å². The van der Waals surface area contributed by atoms with E-state index in [0.717, 1.165) is 24.3 Å². The average molecular weight is 454 g/mol. The molecule has 0 radical (unpaired) electrons. The van der Waals surface area contributed by atoms with Crippen LogP contribution in [0.5, 0.6) is 0 Å². The van der Waals surface area contributed by atoms with E-state index in [0.29, 0.717) is 22.9 Å². The Bertz CT molecular complexity index is 631. The zero-order chi connectivity index (χ0) is 24.0. The summed E-state index contributed by atoms with van der Waals surface area (Å²) in [5.74, 6) is 0.879. The fraction of sp³-hybridized carbons (Fsp3) is 0.619. The lowest BCUT2D eigenvalue weighted by Gasteiger charge is -2.16. The Labute approximate surface area is 181 Å². The van der Waals surface area contributed by atoms with Gasteiger partial charge in [0.2, 0.25) is 5.91 Å². The van der Waals surface area contributed by atoms with Crippen LogP contribution >= 0.6 is 0 Å². The van der Waals surface area contributed by atoms with Crippen molar-refractivity contribution in [1.29, 1.82) is 0 Å². The molecule has 30 heavy (non-hydrogen) atoms. The minimum Gasteiger partial charge on any atom is -0.444 e. The van der Waals surface area contributed by atoms with Crippen molar-refractivity contribution < 1.29 is 27.5 Å². The molecule has 174 valence electrons. The van der Waals surface area contributed by atoms with Crippen LogP contribution in [0, 0.1) is 0 Å². The molecule has 0 aliphatic rings. The summed E-state index contributed by atoms with van der Waals surface area (Å²) in [6, 6.07) is 5.01. The number of halogens is 3. The molecule has 0 spiro atoms. The molecule has 0 aromatic heterocycles. The molecular formula is C21H36F3N2O3S+. The minimum absolute atomic E-state index is 0.118. The van der Waals surface area contributed by atoms with Gasteiger partial charge in [0.15, 0.2) is 0 Å². The number of alkyl halides is 3. The predicted molar refractivity (Wildman–Crippen MR) is 118 cm³/mol. The van der Waals surface area contributed by atoms with Crippen molar-refractivity contribution in [3.63, 3.8) is 0 Å². The maximum absolute atomic E-state index is 12.5. The smallest absolute Gasteiger partial charge is 0.416 e. The van der Waals surface area contributed by atoms with Gasteiger partial charge in [0.05, 0.1) is 18.1 Å². The summed E-state index contributed by atoms with van der Waals surface area (Å²) in [5, 5.41) is 2.65. The molecule has 0 atom stereocenters. The number of nitrogens with one attached hydrogen (secondary N) is 1. The first kappa shape index (κ1) is 30.3. The van der Waals surface area contributed by atoms with Crippen LogP contribution in [0.1, 0.15) is 58.6 Å². The number of benzene rings is 1. The van der Waals surface area contributed by atoms with Gasteiger partial charge in [-0.2, -0.15) is 13.2 Å². The highest BCUT2D eigenvalue weighted by Crippen LogP contribution is 2.29. The Kier molecular flexibility index (Phi) is 15.1. The largest absolute Gasteiger partial charge is 0.444 e. The van der Waals surface area contributed by atoms with E-state index < -0.39 is 23.4 Å². The second-order valence-corrected chi connectivity index (χ2v) is 9.68. The highest BCUT2D eigenvalue weighted by Gasteiger charge is 2.30. The highest BCUT2D eigenvalue weighted by atomic mass is 32.2. The fourth-order valence-electron chi connectivity index (χ4n) is 1.97. The van der Waals surface area contributed by atoms with Gasteiger partial charge >= 0.3 is 12.3 Å². The van der Waals surface area contributed by atoms with E-state index in [1.807, 2.05) is 13.8 Å². The second-order valence-electron chi connectivity index (χ2n) is 7.30. The highest BCUT2D eigenvalue weighted by molar-refractivity contribution is 7.95. The van der Waals surface area contributed by atoms with Gasteiger partial charge in [-0.15, -0.1) is 0 Å². The van der Waals surface area contributed by atoms with Crippen LogP contribution in [0.2, 0.25) is 0 Å². The van der Waals surface area contributed by atoms with E-state index in [2.05, 4.69) is 22.6 Å². The van der Waals surface area contributed by atoms with Crippen LogP contribution in [0.15, 0.2) is 24.3 Å². The number of nitrogens with two attached hydrogens (primary N) is 1. The summed E-state index contributed by atoms with van der Waals surface area (Å²) < 4.78 is 42.1. The maximum Gasteiger partial charge on any atom is 0.416 e. The maximum atomic E-state index is 12.5. The quantitative estimate of drug-likeness (QED) is 0.602. The number of ether oxygens (including phenoxy) is 1. The molecule has 2 amide bonds. The number of rotatable bonds is 6. The zero-order valence-corrected chi connectivity index (χ0v) is 19.8. The van der Waals surface area contributed by atoms with Gasteiger partial charge in [-0.25, -0.2) is 4.79 Å². The Morgan fingerprint density at radius 3 is 2.10 bits per heavy atom. The molecule has 0 bridgehead atoms. The number of carbonyl (C=O) groups excluding carboxylic acids is 2. The summed E-state index contributed by atoms with van der Waals surface area (Å²) in [7, 11) is 0.310. The number of hydrogen-bond donors (Lipinski definition) is 2. The van der Waals surface area contributed by atoms with Gasteiger partial charge in [-0.3, -0.25) is 4.79 Å². The molecule has 0 saturated heterocycles. The first-order chi connectivity index (χ1) is 13.7. The third-order valence-corrected chi connectivity index (χ3v) is 4.21. The first-order valence-electron chi connectivity index (χ1n) is 9.66. The molecule has 1 aromatic carbocycles. The lowest BCUT2D eigenvalue weighted by molar-refractivity contribution is -0.137. The molecule has 0 saturated carbocycles. The lowest BCUT2D eigenvalue weighted by Crippen LogP contribution is -2.27. The molecule has 0 aliphatic heterocycles. The van der Waals surface area contributed by atoms with Gasteiger partial charge in [0.1, 0.15) is 11.4 Å². The van der Waals surface area contributed by atoms with Crippen LogP contribution in [-0.2, 0) is 33.1 Å². The molecule has 0 aliphatic carbocycles. The van der Waals surface area contributed by atoms with Crippen LogP contribution in [-0.4, -0.2) is 35.9 Å². The Morgan fingerprint density at radius 2 is 1.70 bits per heavy atom. The van der Waals surface area contributed by atoms with E-state index >= 15 is 0 Å². The Morgan fingerprint density at radius 1 is 1.13 bits per heavy atom. The van der Waals surface area contributed by atoms with Crippen molar-refractivity contribution in [1.82, 2.24) is 5.32 Å². The second kappa shape index (κ2) is 15.0. The average Bonchev–Trinajstić information content (AvgIpc) is 2.59. The van der Waals surface area contributed by atoms with Crippen LogP contribution in [0.3, 0.4) is 0 Å². The van der Waals surface area contributed by atoms with E-state index in [9.17, 15) is 22.8 Å². The van der Waals surface area contributed by atoms with Crippen molar-refractivity contribution in [2.75, 3.05) is 18.3 Å². The Hall–Kier alpha value is -1.90. The lowest BCUT2D eigenvalue weighted by atomic mass is 10.1. The van der Waals surface area contributed by atoms with Crippen molar-refractivity contribution in [2.45, 2.75) is 65.8 Å². The Balaban J connectivity index is 0. The summed E-state index contributed by atoms with van der Waals surface area (Å²) in [4.78, 5) is 21.6. The molecule has 1 rings (SSSR count). The van der Waals surface area contributed by atoms with Crippen molar-refractivity contribution >= 4 is 22.9 Å². The number of hydrogen-bond acceptors (Lipinski definition) is 3. The van der Waals surface area contributed by atoms with Crippen molar-refractivity contribution in [3.05, 3.63) is 35.4 Å². The number of amides is 2. The van der Waals surface area contributed by atoms with Gasteiger partial charge in [-0.05, 0) is 49.4 Å². The summed E-state index contributed by atoms with van der Waals surface area (Å²) in [5.41, 5.74) is 4.03. The molecule has 3 N–H and O–H groups in total. The van der Waals surface area contributed by atoms with Crippen LogP contribution in [0.4, 0.5) is 18.0 Å². The number of carbonyl (C=O) groups is 2. The predicted octanol–water partition coefficient (Wildman–Crippen LogP) is 4.89. The third kappa shape index (κ3) is 18.1. The van der Waals surface area contributed by atoms with E-state index in [4.69, 9.17) is 5.73 Å². The summed E-state index contributed by atoms with van der Waals surface area (Å²) >= 11 is 0. The van der Waals surface area contributed by atoms with Gasteiger partial charge in [-0.1, -0.05) is 26.0 Å². The minimum atomic E-state index is -4.35. The molecule has 1 aromatic rings. The van der Waals surface area contributed by atoms with Gasteiger partial charge < -0.3 is 15.8 Å². The van der Waals surface area contributed by atoms with Crippen molar-refractivity contribution in [2.24, 2.45) is 5.73 Å². The van der Waals surface area contributed by atoms with E-state index in [1.165, 1.54) is 6.07 Å². The third-order valence-electron chi connectivity index (χ3n) is 3.11. The standard InChI is InChI=1S/C14H18F3NOS.C5H11NO2.C2H6/c1-20(2)8-4-7-13(19)18-10-11-5-3-6-12(9-11)14(15,16)17;1-5(2,3)8-4(6)7;1-2/h3,5-6,9H,4,7-8,10H2,1-2H3;1-3H3,(H2,6,7);1-2H3/p+1. The van der Waals surface area contributed by atoms with Crippen LogP contribution in [0.25, 0.3) is 0 Å². The van der Waals surface area contributed by atoms with E-state index in [-0.39, 0.29) is 12.5 Å². The molecule has 9 heteroatoms. The summed E-state index contributed by atoms with van der Waals surface area (Å²) in [6.07, 6.45) is 0.381. The normalized spacial score (nSPS) is 10.9. The monoisotopic (exact) mass is 453 g/mol. The summed E-state index contributed by atoms with van der Waals surface area (Å²) in [6.45, 7) is 9.42. The molecule has 0 heterocycles. The molecule has 0 unspecified atom stereocenters. The van der Waals surface area contributed by atoms with E-state index in [1.54, 1.807) is 26.8 Å². The van der Waals surface area contributed by atoms with Crippen molar-refractivity contribution in [3.8, 4) is 0 Å². The zero-order valence-electron chi connectivity index (χ0n) is 19.0. The van der Waals surface area contributed by atoms with Gasteiger partial charge in [0, 0.05) is 19.4 Å². The first-order valence-corrected chi connectivity index (χ1v) is 11.9. The van der Waals surface area contributed by atoms with Gasteiger partial charge in [0.25, 0.3) is 0 Å². The molecule has 0 fully saturated rings. The SMILES string of the molecule is CC.CC(C)(C)OC(N)=O.C[S+](C)CCCC(=O)NCc1cccc(C(F)(F)F)c1. The number of primary amides is 1. The fourth-order valence-corrected chi connectivity index (χ4v) is 2.69. The molecule has 5 nitrogen and oxygen atoms in total. The topological polar surface area (TPSA) is 81.4 Å². The molecular weight excluding hydrogens is 417 g/mol.